The van der Waals surface area contributed by atoms with Gasteiger partial charge in [-0.05, 0) is 23.8 Å². The Kier molecular flexibility index (Phi) is 5.66. The van der Waals surface area contributed by atoms with Gasteiger partial charge in [0, 0.05) is 11.1 Å². The largest absolute Gasteiger partial charge is 0.492 e. The summed E-state index contributed by atoms with van der Waals surface area (Å²) in [4.78, 5) is 16.3. The molecule has 0 radical (unpaired) electrons. The monoisotopic (exact) mass is 389 g/mol. The lowest BCUT2D eigenvalue weighted by Crippen LogP contribution is -2.10. The Labute approximate surface area is 159 Å². The van der Waals surface area contributed by atoms with Gasteiger partial charge in [-0.15, -0.1) is 0 Å². The van der Waals surface area contributed by atoms with E-state index >= 15 is 0 Å². The zero-order chi connectivity index (χ0) is 19.4. The SMILES string of the molecule is COc1c(Cl)ccc(-c2cc(F)cnc2C(=O)OCc2ccccc2)c1F. The van der Waals surface area contributed by atoms with E-state index in [4.69, 9.17) is 21.1 Å². The molecule has 0 N–H and O–H groups in total. The maximum Gasteiger partial charge on any atom is 0.357 e. The molecule has 0 saturated heterocycles. The molecule has 0 amide bonds. The molecule has 0 aliphatic rings. The topological polar surface area (TPSA) is 48.4 Å². The summed E-state index contributed by atoms with van der Waals surface area (Å²) in [5.41, 5.74) is 0.430. The zero-order valence-corrected chi connectivity index (χ0v) is 15.0. The molecule has 0 aliphatic carbocycles. The standard InChI is InChI=1S/C20H14ClF2NO3/c1-26-19-16(21)8-7-14(17(19)23)15-9-13(22)10-24-18(15)20(25)27-11-12-5-3-2-4-6-12/h2-10H,11H2,1H3. The summed E-state index contributed by atoms with van der Waals surface area (Å²) in [5, 5.41) is 0.0521. The fourth-order valence-corrected chi connectivity index (χ4v) is 2.75. The maximum atomic E-state index is 14.7. The molecule has 0 fully saturated rings. The number of pyridine rings is 1. The van der Waals surface area contributed by atoms with Crippen molar-refractivity contribution in [2.24, 2.45) is 0 Å². The van der Waals surface area contributed by atoms with Gasteiger partial charge in [0.15, 0.2) is 17.3 Å². The van der Waals surface area contributed by atoms with Crippen molar-refractivity contribution in [1.29, 1.82) is 0 Å². The minimum absolute atomic E-state index is 0.00455. The number of methoxy groups -OCH3 is 1. The second kappa shape index (κ2) is 8.14. The minimum atomic E-state index is -0.825. The van der Waals surface area contributed by atoms with E-state index < -0.39 is 17.6 Å². The van der Waals surface area contributed by atoms with E-state index in [1.54, 1.807) is 24.3 Å². The molecule has 7 heteroatoms. The van der Waals surface area contributed by atoms with Crippen LogP contribution in [0, 0.1) is 11.6 Å². The molecule has 2 aromatic carbocycles. The van der Waals surface area contributed by atoms with Gasteiger partial charge in [0.2, 0.25) is 0 Å². The van der Waals surface area contributed by atoms with Crippen molar-refractivity contribution >= 4 is 17.6 Å². The van der Waals surface area contributed by atoms with Gasteiger partial charge >= 0.3 is 5.97 Å². The number of nitrogens with zero attached hydrogens (tertiary/aromatic N) is 1. The molecule has 4 nitrogen and oxygen atoms in total. The summed E-state index contributed by atoms with van der Waals surface area (Å²) < 4.78 is 38.6. The first kappa shape index (κ1) is 18.8. The van der Waals surface area contributed by atoms with Crippen LogP contribution in [0.2, 0.25) is 5.02 Å². The van der Waals surface area contributed by atoms with E-state index in [0.29, 0.717) is 0 Å². The Morgan fingerprint density at radius 3 is 2.56 bits per heavy atom. The number of esters is 1. The van der Waals surface area contributed by atoms with Gasteiger partial charge in [0.05, 0.1) is 18.3 Å². The van der Waals surface area contributed by atoms with Crippen LogP contribution in [-0.4, -0.2) is 18.1 Å². The van der Waals surface area contributed by atoms with E-state index in [1.165, 1.54) is 19.2 Å². The average Bonchev–Trinajstić information content (AvgIpc) is 2.67. The number of carbonyl (C=O) groups is 1. The summed E-state index contributed by atoms with van der Waals surface area (Å²) in [7, 11) is 1.26. The molecule has 27 heavy (non-hydrogen) atoms. The second-order valence-electron chi connectivity index (χ2n) is 5.55. The average molecular weight is 390 g/mol. The van der Waals surface area contributed by atoms with Crippen LogP contribution in [0.3, 0.4) is 0 Å². The predicted molar refractivity (Wildman–Crippen MR) is 96.7 cm³/mol. The molecule has 0 spiro atoms. The van der Waals surface area contributed by atoms with Crippen molar-refractivity contribution in [2.75, 3.05) is 7.11 Å². The quantitative estimate of drug-likeness (QED) is 0.573. The van der Waals surface area contributed by atoms with E-state index in [2.05, 4.69) is 4.98 Å². The lowest BCUT2D eigenvalue weighted by Gasteiger charge is -2.12. The predicted octanol–water partition coefficient (Wildman–Crippen LogP) is 5.05. The first-order chi connectivity index (χ1) is 13.0. The van der Waals surface area contributed by atoms with Crippen LogP contribution in [0.4, 0.5) is 8.78 Å². The van der Waals surface area contributed by atoms with Gasteiger partial charge in [-0.2, -0.15) is 0 Å². The smallest absolute Gasteiger partial charge is 0.357 e. The van der Waals surface area contributed by atoms with Crippen LogP contribution in [0.25, 0.3) is 11.1 Å². The van der Waals surface area contributed by atoms with Crippen molar-refractivity contribution in [2.45, 2.75) is 6.61 Å². The Hall–Kier alpha value is -2.99. The van der Waals surface area contributed by atoms with E-state index in [-0.39, 0.29) is 34.2 Å². The van der Waals surface area contributed by atoms with E-state index in [9.17, 15) is 13.6 Å². The van der Waals surface area contributed by atoms with Crippen LogP contribution in [0.15, 0.2) is 54.7 Å². The molecule has 0 aliphatic heterocycles. The van der Waals surface area contributed by atoms with Crippen LogP contribution < -0.4 is 4.74 Å². The first-order valence-electron chi connectivity index (χ1n) is 7.90. The summed E-state index contributed by atoms with van der Waals surface area (Å²) in [6.07, 6.45) is 0.869. The Bertz CT molecular complexity index is 980. The molecule has 0 saturated carbocycles. The van der Waals surface area contributed by atoms with Crippen LogP contribution >= 0.6 is 11.6 Å². The molecule has 1 aromatic heterocycles. The number of benzene rings is 2. The summed E-state index contributed by atoms with van der Waals surface area (Å²) in [5.74, 6) is -2.56. The second-order valence-corrected chi connectivity index (χ2v) is 5.96. The van der Waals surface area contributed by atoms with Crippen LogP contribution in [0.1, 0.15) is 16.1 Å². The van der Waals surface area contributed by atoms with Crippen molar-refractivity contribution < 1.29 is 23.0 Å². The van der Waals surface area contributed by atoms with Crippen molar-refractivity contribution in [3.8, 4) is 16.9 Å². The van der Waals surface area contributed by atoms with Gasteiger partial charge in [0.25, 0.3) is 0 Å². The number of hydrogen-bond donors (Lipinski definition) is 0. The Morgan fingerprint density at radius 2 is 1.85 bits per heavy atom. The van der Waals surface area contributed by atoms with Crippen molar-refractivity contribution in [3.63, 3.8) is 0 Å². The molecular formula is C20H14ClF2NO3. The first-order valence-corrected chi connectivity index (χ1v) is 8.28. The zero-order valence-electron chi connectivity index (χ0n) is 14.2. The molecule has 1 heterocycles. The van der Waals surface area contributed by atoms with E-state index in [0.717, 1.165) is 17.8 Å². The molecule has 3 aromatic rings. The molecule has 0 atom stereocenters. The highest BCUT2D eigenvalue weighted by atomic mass is 35.5. The number of ether oxygens (including phenoxy) is 2. The highest BCUT2D eigenvalue weighted by molar-refractivity contribution is 6.32. The third-order valence-corrected chi connectivity index (χ3v) is 4.10. The molecule has 0 bridgehead atoms. The van der Waals surface area contributed by atoms with Gasteiger partial charge in [0.1, 0.15) is 12.4 Å². The number of rotatable bonds is 5. The van der Waals surface area contributed by atoms with Crippen LogP contribution in [0.5, 0.6) is 5.75 Å². The minimum Gasteiger partial charge on any atom is -0.492 e. The Morgan fingerprint density at radius 1 is 1.11 bits per heavy atom. The van der Waals surface area contributed by atoms with E-state index in [1.807, 2.05) is 6.07 Å². The molecular weight excluding hydrogens is 376 g/mol. The summed E-state index contributed by atoms with van der Waals surface area (Å²) >= 11 is 5.89. The Balaban J connectivity index is 1.98. The number of aromatic nitrogens is 1. The number of halogens is 3. The lowest BCUT2D eigenvalue weighted by molar-refractivity contribution is 0.0466. The highest BCUT2D eigenvalue weighted by Crippen LogP contribution is 2.36. The van der Waals surface area contributed by atoms with Crippen molar-refractivity contribution in [1.82, 2.24) is 4.98 Å². The van der Waals surface area contributed by atoms with Gasteiger partial charge in [-0.25, -0.2) is 18.6 Å². The fraction of sp³-hybridized carbons (Fsp3) is 0.100. The maximum absolute atomic E-state index is 14.7. The normalized spacial score (nSPS) is 10.5. The van der Waals surface area contributed by atoms with Gasteiger partial charge in [-0.3, -0.25) is 0 Å². The lowest BCUT2D eigenvalue weighted by atomic mass is 10.0. The fourth-order valence-electron chi connectivity index (χ4n) is 2.53. The summed E-state index contributed by atoms with van der Waals surface area (Å²) in [6.45, 7) is 0.00455. The third kappa shape index (κ3) is 4.06. The summed E-state index contributed by atoms with van der Waals surface area (Å²) in [6, 6.07) is 12.7. The van der Waals surface area contributed by atoms with Crippen molar-refractivity contribution in [3.05, 3.63) is 82.6 Å². The van der Waals surface area contributed by atoms with Gasteiger partial charge < -0.3 is 9.47 Å². The molecule has 0 unspecified atom stereocenters. The number of carbonyl (C=O) groups excluding carboxylic acids is 1. The number of hydrogen-bond acceptors (Lipinski definition) is 4. The van der Waals surface area contributed by atoms with Crippen LogP contribution in [-0.2, 0) is 11.3 Å². The third-order valence-electron chi connectivity index (χ3n) is 3.80. The molecule has 138 valence electrons. The van der Waals surface area contributed by atoms with Gasteiger partial charge in [-0.1, -0.05) is 41.9 Å². The molecule has 3 rings (SSSR count). The highest BCUT2D eigenvalue weighted by Gasteiger charge is 2.22.